The monoisotopic (exact) mass is 411 g/mol. The standard InChI is InChI=1S/C16H23Cl2N3O3.ClH/c1-3-6-21(16(23)8-12(9-19)24-2)10-15(22)20-14-5-4-11(17)7-13(14)18;/h4-5,7,12H,3,6,8-10,19H2,1-2H3,(H,20,22);1H. The van der Waals surface area contributed by atoms with E-state index < -0.39 is 0 Å². The Morgan fingerprint density at radius 1 is 1.36 bits per heavy atom. The number of nitrogens with zero attached hydrogens (tertiary/aromatic N) is 1. The van der Waals surface area contributed by atoms with Gasteiger partial charge in [-0.3, -0.25) is 9.59 Å². The summed E-state index contributed by atoms with van der Waals surface area (Å²) in [5, 5.41) is 3.50. The van der Waals surface area contributed by atoms with Gasteiger partial charge in [0.1, 0.15) is 0 Å². The Labute approximate surface area is 164 Å². The number of ether oxygens (including phenoxy) is 1. The topological polar surface area (TPSA) is 84.7 Å². The van der Waals surface area contributed by atoms with Crippen LogP contribution in [0.2, 0.25) is 10.0 Å². The predicted molar refractivity (Wildman–Crippen MR) is 104 cm³/mol. The highest BCUT2D eigenvalue weighted by Crippen LogP contribution is 2.25. The SMILES string of the molecule is CCCN(CC(=O)Nc1ccc(Cl)cc1Cl)C(=O)CC(CN)OC.Cl. The quantitative estimate of drug-likeness (QED) is 0.653. The van der Waals surface area contributed by atoms with Crippen LogP contribution in [0, 0.1) is 0 Å². The van der Waals surface area contributed by atoms with Gasteiger partial charge in [-0.1, -0.05) is 30.1 Å². The normalized spacial score (nSPS) is 11.4. The third-order valence-corrected chi connectivity index (χ3v) is 3.93. The van der Waals surface area contributed by atoms with Gasteiger partial charge in [-0.2, -0.15) is 0 Å². The minimum Gasteiger partial charge on any atom is -0.380 e. The van der Waals surface area contributed by atoms with Gasteiger partial charge in [0.05, 0.1) is 29.8 Å². The first kappa shape index (κ1) is 23.9. The van der Waals surface area contributed by atoms with Crippen molar-refractivity contribution in [2.45, 2.75) is 25.9 Å². The number of nitrogens with one attached hydrogen (secondary N) is 1. The molecule has 1 aromatic carbocycles. The zero-order chi connectivity index (χ0) is 18.1. The molecule has 0 spiro atoms. The number of rotatable bonds is 9. The number of nitrogens with two attached hydrogens (primary N) is 1. The van der Waals surface area contributed by atoms with E-state index in [4.69, 9.17) is 33.7 Å². The molecular formula is C16H24Cl3N3O3. The van der Waals surface area contributed by atoms with E-state index >= 15 is 0 Å². The number of carbonyl (C=O) groups is 2. The van der Waals surface area contributed by atoms with Gasteiger partial charge in [-0.25, -0.2) is 0 Å². The van der Waals surface area contributed by atoms with Crippen molar-refractivity contribution < 1.29 is 14.3 Å². The number of hydrogen-bond donors (Lipinski definition) is 2. The van der Waals surface area contributed by atoms with Crippen LogP contribution in [0.1, 0.15) is 19.8 Å². The summed E-state index contributed by atoms with van der Waals surface area (Å²) in [7, 11) is 1.50. The summed E-state index contributed by atoms with van der Waals surface area (Å²) in [6.45, 7) is 2.59. The van der Waals surface area contributed by atoms with Crippen molar-refractivity contribution in [3.63, 3.8) is 0 Å². The van der Waals surface area contributed by atoms with Crippen LogP contribution in [-0.2, 0) is 14.3 Å². The Balaban J connectivity index is 0.00000576. The molecule has 1 aromatic rings. The molecule has 9 heteroatoms. The second-order valence-electron chi connectivity index (χ2n) is 5.29. The van der Waals surface area contributed by atoms with Gasteiger partial charge in [0, 0.05) is 25.2 Å². The van der Waals surface area contributed by atoms with Crippen molar-refractivity contribution in [1.29, 1.82) is 0 Å². The Morgan fingerprint density at radius 3 is 2.56 bits per heavy atom. The van der Waals surface area contributed by atoms with Gasteiger partial charge in [0.15, 0.2) is 0 Å². The van der Waals surface area contributed by atoms with Crippen LogP contribution in [0.5, 0.6) is 0 Å². The molecule has 0 aliphatic rings. The van der Waals surface area contributed by atoms with Crippen LogP contribution in [0.15, 0.2) is 18.2 Å². The lowest BCUT2D eigenvalue weighted by Crippen LogP contribution is -2.41. The van der Waals surface area contributed by atoms with E-state index in [0.717, 1.165) is 6.42 Å². The van der Waals surface area contributed by atoms with Gasteiger partial charge in [-0.15, -0.1) is 12.4 Å². The van der Waals surface area contributed by atoms with Gasteiger partial charge >= 0.3 is 0 Å². The molecule has 0 bridgehead atoms. The van der Waals surface area contributed by atoms with Gasteiger partial charge in [0.25, 0.3) is 0 Å². The Bertz CT molecular complexity index is 569. The minimum absolute atomic E-state index is 0. The molecule has 0 radical (unpaired) electrons. The van der Waals surface area contributed by atoms with E-state index in [1.54, 1.807) is 12.1 Å². The van der Waals surface area contributed by atoms with Crippen LogP contribution >= 0.6 is 35.6 Å². The number of anilines is 1. The van der Waals surface area contributed by atoms with Crippen molar-refractivity contribution in [1.82, 2.24) is 4.90 Å². The fraction of sp³-hybridized carbons (Fsp3) is 0.500. The summed E-state index contributed by atoms with van der Waals surface area (Å²) >= 11 is 11.9. The van der Waals surface area contributed by atoms with Crippen molar-refractivity contribution in [3.8, 4) is 0 Å². The molecule has 1 atom stereocenters. The average molecular weight is 413 g/mol. The number of benzene rings is 1. The van der Waals surface area contributed by atoms with Crippen molar-refractivity contribution in [2.75, 3.05) is 32.1 Å². The average Bonchev–Trinajstić information content (AvgIpc) is 2.54. The first-order valence-electron chi connectivity index (χ1n) is 7.66. The molecule has 142 valence electrons. The van der Waals surface area contributed by atoms with E-state index in [1.807, 2.05) is 6.92 Å². The third-order valence-electron chi connectivity index (χ3n) is 3.38. The van der Waals surface area contributed by atoms with E-state index in [9.17, 15) is 9.59 Å². The first-order chi connectivity index (χ1) is 11.4. The lowest BCUT2D eigenvalue weighted by atomic mass is 10.2. The molecule has 0 heterocycles. The zero-order valence-corrected chi connectivity index (χ0v) is 16.6. The van der Waals surface area contributed by atoms with Crippen LogP contribution in [0.3, 0.4) is 0 Å². The number of methoxy groups -OCH3 is 1. The molecule has 25 heavy (non-hydrogen) atoms. The Kier molecular flexibility index (Phi) is 11.8. The summed E-state index contributed by atoms with van der Waals surface area (Å²) < 4.78 is 5.12. The molecule has 0 saturated carbocycles. The molecule has 1 rings (SSSR count). The van der Waals surface area contributed by atoms with Crippen LogP contribution in [0.4, 0.5) is 5.69 Å². The maximum Gasteiger partial charge on any atom is 0.244 e. The number of halogens is 3. The van der Waals surface area contributed by atoms with Crippen LogP contribution in [-0.4, -0.2) is 49.6 Å². The summed E-state index contributed by atoms with van der Waals surface area (Å²) in [6.07, 6.45) is 0.522. The maximum atomic E-state index is 12.3. The fourth-order valence-corrected chi connectivity index (χ4v) is 2.56. The largest absolute Gasteiger partial charge is 0.380 e. The number of carbonyl (C=O) groups excluding carboxylic acids is 2. The van der Waals surface area contributed by atoms with Crippen LogP contribution < -0.4 is 11.1 Å². The van der Waals surface area contributed by atoms with Crippen molar-refractivity contribution in [3.05, 3.63) is 28.2 Å². The van der Waals surface area contributed by atoms with Crippen LogP contribution in [0.25, 0.3) is 0 Å². The molecule has 1 unspecified atom stereocenters. The molecule has 0 aromatic heterocycles. The molecule has 3 N–H and O–H groups in total. The highest BCUT2D eigenvalue weighted by molar-refractivity contribution is 6.36. The summed E-state index contributed by atoms with van der Waals surface area (Å²) in [6, 6.07) is 4.78. The summed E-state index contributed by atoms with van der Waals surface area (Å²) in [5.74, 6) is -0.505. The summed E-state index contributed by atoms with van der Waals surface area (Å²) in [5.41, 5.74) is 5.99. The highest BCUT2D eigenvalue weighted by atomic mass is 35.5. The second-order valence-corrected chi connectivity index (χ2v) is 6.13. The molecule has 2 amide bonds. The van der Waals surface area contributed by atoms with E-state index in [0.29, 0.717) is 22.3 Å². The highest BCUT2D eigenvalue weighted by Gasteiger charge is 2.20. The molecular weight excluding hydrogens is 389 g/mol. The van der Waals surface area contributed by atoms with Gasteiger partial charge in [-0.05, 0) is 24.6 Å². The van der Waals surface area contributed by atoms with Crippen molar-refractivity contribution >= 4 is 53.1 Å². The third kappa shape index (κ3) is 8.25. The molecule has 0 saturated heterocycles. The second kappa shape index (κ2) is 12.3. The van der Waals surface area contributed by atoms with Gasteiger partial charge < -0.3 is 20.7 Å². The lowest BCUT2D eigenvalue weighted by molar-refractivity contribution is -0.136. The number of hydrogen-bond acceptors (Lipinski definition) is 4. The number of amides is 2. The smallest absolute Gasteiger partial charge is 0.244 e. The Hall–Kier alpha value is -1.05. The molecule has 0 fully saturated rings. The fourth-order valence-electron chi connectivity index (χ4n) is 2.10. The maximum absolute atomic E-state index is 12.3. The Morgan fingerprint density at radius 2 is 2.04 bits per heavy atom. The zero-order valence-electron chi connectivity index (χ0n) is 14.3. The molecule has 6 nitrogen and oxygen atoms in total. The first-order valence-corrected chi connectivity index (χ1v) is 8.42. The van der Waals surface area contributed by atoms with Gasteiger partial charge in [0.2, 0.25) is 11.8 Å². The van der Waals surface area contributed by atoms with Crippen molar-refractivity contribution in [2.24, 2.45) is 5.73 Å². The predicted octanol–water partition coefficient (Wildman–Crippen LogP) is 2.96. The lowest BCUT2D eigenvalue weighted by Gasteiger charge is -2.23. The van der Waals surface area contributed by atoms with E-state index in [2.05, 4.69) is 5.32 Å². The minimum atomic E-state index is -0.356. The van der Waals surface area contributed by atoms with E-state index in [1.165, 1.54) is 18.1 Å². The molecule has 0 aliphatic carbocycles. The van der Waals surface area contributed by atoms with E-state index in [-0.39, 0.29) is 49.8 Å². The summed E-state index contributed by atoms with van der Waals surface area (Å²) in [4.78, 5) is 26.0. The molecule has 0 aliphatic heterocycles.